The number of imidazole rings is 1. The van der Waals surface area contributed by atoms with E-state index in [0.29, 0.717) is 6.54 Å². The van der Waals surface area contributed by atoms with Gasteiger partial charge in [0.05, 0.1) is 29.2 Å². The Morgan fingerprint density at radius 3 is 2.84 bits per heavy atom. The maximum atomic E-state index is 11.1. The van der Waals surface area contributed by atoms with Gasteiger partial charge >= 0.3 is 5.97 Å². The highest BCUT2D eigenvalue weighted by Gasteiger charge is 2.14. The monoisotopic (exact) mass is 262 g/mol. The molecule has 1 heterocycles. The first-order valence-corrected chi connectivity index (χ1v) is 6.32. The van der Waals surface area contributed by atoms with E-state index in [-0.39, 0.29) is 11.7 Å². The van der Waals surface area contributed by atoms with Crippen LogP contribution in [0.3, 0.4) is 0 Å². The highest BCUT2D eigenvalue weighted by atomic mass is 16.5. The molecule has 5 heteroatoms. The largest absolute Gasteiger partial charge is 0.478 e. The van der Waals surface area contributed by atoms with E-state index < -0.39 is 5.97 Å². The number of carbonyl (C=O) groups is 1. The molecule has 2 aromatic rings. The molecule has 5 nitrogen and oxygen atoms in total. The van der Waals surface area contributed by atoms with Crippen molar-refractivity contribution in [2.45, 2.75) is 32.9 Å². The molecule has 2 rings (SSSR count). The molecule has 0 spiro atoms. The Labute approximate surface area is 111 Å². The van der Waals surface area contributed by atoms with E-state index in [9.17, 15) is 4.79 Å². The fourth-order valence-electron chi connectivity index (χ4n) is 2.11. The van der Waals surface area contributed by atoms with Crippen LogP contribution in [0.1, 0.15) is 30.0 Å². The number of hydrogen-bond acceptors (Lipinski definition) is 3. The van der Waals surface area contributed by atoms with Gasteiger partial charge in [0.15, 0.2) is 0 Å². The van der Waals surface area contributed by atoms with Crippen LogP contribution in [-0.2, 0) is 17.7 Å². The third-order valence-corrected chi connectivity index (χ3v) is 3.23. The Balaban J connectivity index is 2.56. The normalized spacial score (nSPS) is 12.8. The zero-order valence-electron chi connectivity index (χ0n) is 11.4. The smallest absolute Gasteiger partial charge is 0.335 e. The highest BCUT2D eigenvalue weighted by molar-refractivity contribution is 5.92. The summed E-state index contributed by atoms with van der Waals surface area (Å²) < 4.78 is 7.32. The number of aromatic nitrogens is 2. The van der Waals surface area contributed by atoms with E-state index in [1.54, 1.807) is 25.3 Å². The molecule has 0 saturated heterocycles. The summed E-state index contributed by atoms with van der Waals surface area (Å²) in [5, 5.41) is 9.07. The second-order valence-electron chi connectivity index (χ2n) is 4.55. The van der Waals surface area contributed by atoms with Crippen molar-refractivity contribution in [1.29, 1.82) is 0 Å². The number of carboxylic acid groups (broad SMARTS) is 1. The van der Waals surface area contributed by atoms with Gasteiger partial charge in [0, 0.05) is 13.5 Å². The van der Waals surface area contributed by atoms with Gasteiger partial charge < -0.3 is 14.4 Å². The standard InChI is InChI=1S/C14H18N2O3/c1-4-13-15-11-6-5-10(14(17)18)7-12(11)16(13)8-9(2)19-3/h5-7,9H,4,8H2,1-3H3,(H,17,18). The molecular formula is C14H18N2O3. The van der Waals surface area contributed by atoms with Gasteiger partial charge in [0.2, 0.25) is 0 Å². The Bertz CT molecular complexity index is 604. The van der Waals surface area contributed by atoms with Gasteiger partial charge in [-0.1, -0.05) is 6.92 Å². The fraction of sp³-hybridized carbons (Fsp3) is 0.429. The second kappa shape index (κ2) is 5.40. The third-order valence-electron chi connectivity index (χ3n) is 3.23. The van der Waals surface area contributed by atoms with Crippen molar-refractivity contribution < 1.29 is 14.6 Å². The van der Waals surface area contributed by atoms with Crippen molar-refractivity contribution in [2.75, 3.05) is 7.11 Å². The van der Waals surface area contributed by atoms with E-state index >= 15 is 0 Å². The third kappa shape index (κ3) is 2.61. The molecule has 0 bridgehead atoms. The summed E-state index contributed by atoms with van der Waals surface area (Å²) in [4.78, 5) is 15.6. The van der Waals surface area contributed by atoms with Crippen molar-refractivity contribution in [3.05, 3.63) is 29.6 Å². The molecule has 0 fully saturated rings. The Kier molecular flexibility index (Phi) is 3.85. The summed E-state index contributed by atoms with van der Waals surface area (Å²) in [7, 11) is 1.66. The minimum Gasteiger partial charge on any atom is -0.478 e. The van der Waals surface area contributed by atoms with Gasteiger partial charge in [-0.05, 0) is 25.1 Å². The topological polar surface area (TPSA) is 64.3 Å². The zero-order chi connectivity index (χ0) is 14.0. The van der Waals surface area contributed by atoms with E-state index in [4.69, 9.17) is 9.84 Å². The lowest BCUT2D eigenvalue weighted by Crippen LogP contribution is -2.16. The molecule has 1 atom stereocenters. The lowest BCUT2D eigenvalue weighted by atomic mass is 10.2. The predicted molar refractivity (Wildman–Crippen MR) is 72.5 cm³/mol. The Hall–Kier alpha value is -1.88. The molecule has 0 saturated carbocycles. The number of rotatable bonds is 5. The van der Waals surface area contributed by atoms with Crippen molar-refractivity contribution in [1.82, 2.24) is 9.55 Å². The number of nitrogens with zero attached hydrogens (tertiary/aromatic N) is 2. The van der Waals surface area contributed by atoms with Crippen molar-refractivity contribution >= 4 is 17.0 Å². The predicted octanol–water partition coefficient (Wildman–Crippen LogP) is 2.33. The Morgan fingerprint density at radius 1 is 1.53 bits per heavy atom. The van der Waals surface area contributed by atoms with E-state index in [1.807, 2.05) is 18.4 Å². The SMILES string of the molecule is CCc1nc2ccc(C(=O)O)cc2n1CC(C)OC. The molecule has 0 aliphatic heterocycles. The average Bonchev–Trinajstić information content (AvgIpc) is 2.75. The molecule has 1 unspecified atom stereocenters. The minimum absolute atomic E-state index is 0.0520. The van der Waals surface area contributed by atoms with E-state index in [0.717, 1.165) is 23.3 Å². The highest BCUT2D eigenvalue weighted by Crippen LogP contribution is 2.19. The summed E-state index contributed by atoms with van der Waals surface area (Å²) in [6, 6.07) is 5.01. The van der Waals surface area contributed by atoms with Gasteiger partial charge in [-0.25, -0.2) is 9.78 Å². The van der Waals surface area contributed by atoms with Gasteiger partial charge in [-0.3, -0.25) is 0 Å². The molecular weight excluding hydrogens is 244 g/mol. The van der Waals surface area contributed by atoms with Crippen LogP contribution in [0, 0.1) is 0 Å². The van der Waals surface area contributed by atoms with E-state index in [2.05, 4.69) is 4.98 Å². The van der Waals surface area contributed by atoms with Crippen LogP contribution in [0.2, 0.25) is 0 Å². The molecule has 0 aliphatic rings. The molecule has 1 aromatic heterocycles. The molecule has 1 aromatic carbocycles. The van der Waals surface area contributed by atoms with Crippen molar-refractivity contribution in [3.63, 3.8) is 0 Å². The summed E-state index contributed by atoms with van der Waals surface area (Å²) in [6.45, 7) is 4.68. The van der Waals surface area contributed by atoms with Gasteiger partial charge in [-0.15, -0.1) is 0 Å². The quantitative estimate of drug-likeness (QED) is 0.898. The fourth-order valence-corrected chi connectivity index (χ4v) is 2.11. The summed E-state index contributed by atoms with van der Waals surface area (Å²) >= 11 is 0. The molecule has 19 heavy (non-hydrogen) atoms. The number of hydrogen-bond donors (Lipinski definition) is 1. The van der Waals surface area contributed by atoms with Gasteiger partial charge in [-0.2, -0.15) is 0 Å². The number of methoxy groups -OCH3 is 1. The van der Waals surface area contributed by atoms with Crippen LogP contribution in [-0.4, -0.2) is 33.8 Å². The van der Waals surface area contributed by atoms with Crippen LogP contribution >= 0.6 is 0 Å². The molecule has 102 valence electrons. The van der Waals surface area contributed by atoms with Gasteiger partial charge in [0.25, 0.3) is 0 Å². The van der Waals surface area contributed by atoms with Crippen molar-refractivity contribution in [3.8, 4) is 0 Å². The maximum Gasteiger partial charge on any atom is 0.335 e. The first kappa shape index (κ1) is 13.5. The van der Waals surface area contributed by atoms with Gasteiger partial charge in [0.1, 0.15) is 5.82 Å². The number of ether oxygens (including phenoxy) is 1. The molecule has 0 aliphatic carbocycles. The second-order valence-corrected chi connectivity index (χ2v) is 4.55. The summed E-state index contributed by atoms with van der Waals surface area (Å²) in [5.41, 5.74) is 1.95. The minimum atomic E-state index is -0.924. The van der Waals surface area contributed by atoms with E-state index in [1.165, 1.54) is 0 Å². The number of benzene rings is 1. The van der Waals surface area contributed by atoms with Crippen LogP contribution in [0.25, 0.3) is 11.0 Å². The average molecular weight is 262 g/mol. The number of fused-ring (bicyclic) bond motifs is 1. The molecule has 0 radical (unpaired) electrons. The lowest BCUT2D eigenvalue weighted by Gasteiger charge is -2.13. The number of aryl methyl sites for hydroxylation is 1. The number of aromatic carboxylic acids is 1. The summed E-state index contributed by atoms with van der Waals surface area (Å²) in [6.07, 6.45) is 0.851. The number of carboxylic acids is 1. The van der Waals surface area contributed by atoms with Crippen LogP contribution in [0.5, 0.6) is 0 Å². The molecule has 1 N–H and O–H groups in total. The summed E-state index contributed by atoms with van der Waals surface area (Å²) in [5.74, 6) is 0.0222. The Morgan fingerprint density at radius 2 is 2.26 bits per heavy atom. The first-order chi connectivity index (χ1) is 9.06. The van der Waals surface area contributed by atoms with Crippen LogP contribution in [0.4, 0.5) is 0 Å². The zero-order valence-corrected chi connectivity index (χ0v) is 11.4. The van der Waals surface area contributed by atoms with Crippen LogP contribution < -0.4 is 0 Å². The first-order valence-electron chi connectivity index (χ1n) is 6.32. The van der Waals surface area contributed by atoms with Crippen LogP contribution in [0.15, 0.2) is 18.2 Å². The maximum absolute atomic E-state index is 11.1. The lowest BCUT2D eigenvalue weighted by molar-refractivity contribution is 0.0697. The molecule has 0 amide bonds. The van der Waals surface area contributed by atoms with Crippen molar-refractivity contribution in [2.24, 2.45) is 0 Å².